The van der Waals surface area contributed by atoms with Gasteiger partial charge in [0.1, 0.15) is 11.8 Å². The lowest BCUT2D eigenvalue weighted by Crippen LogP contribution is -2.47. The second-order valence-electron chi connectivity index (χ2n) is 5.92. The Hall–Kier alpha value is -1.29. The van der Waals surface area contributed by atoms with Gasteiger partial charge in [0.25, 0.3) is 0 Å². The highest BCUT2D eigenvalue weighted by Crippen LogP contribution is 2.23. The number of carbonyl (C=O) groups is 2. The molecule has 10 heteroatoms. The van der Waals surface area contributed by atoms with Gasteiger partial charge in [0, 0.05) is 12.5 Å². The molecular weight excluding hydrogens is 334 g/mol. The van der Waals surface area contributed by atoms with E-state index >= 15 is 0 Å². The Balaban J connectivity index is 2.52. The van der Waals surface area contributed by atoms with Gasteiger partial charge in [-0.25, -0.2) is 26.7 Å². The van der Waals surface area contributed by atoms with Gasteiger partial charge in [0.2, 0.25) is 22.4 Å². The Kier molecular flexibility index (Phi) is 7.33. The number of carboxylic acid groups (broad SMARTS) is 1. The maximum Gasteiger partial charge on any atom is 0.326 e. The normalized spacial score (nSPS) is 23.5. The van der Waals surface area contributed by atoms with E-state index in [1.54, 1.807) is 0 Å². The summed E-state index contributed by atoms with van der Waals surface area (Å²) in [6.07, 6.45) is -0.884. The first-order valence-corrected chi connectivity index (χ1v) is 9.04. The van der Waals surface area contributed by atoms with Gasteiger partial charge in [-0.3, -0.25) is 4.79 Å². The van der Waals surface area contributed by atoms with Crippen molar-refractivity contribution in [1.29, 1.82) is 0 Å². The van der Waals surface area contributed by atoms with E-state index in [9.17, 15) is 26.8 Å². The van der Waals surface area contributed by atoms with Crippen LogP contribution in [0.4, 0.5) is 8.78 Å². The number of hydrogen-bond acceptors (Lipinski definition) is 4. The van der Waals surface area contributed by atoms with Crippen molar-refractivity contribution in [2.45, 2.75) is 57.5 Å². The summed E-state index contributed by atoms with van der Waals surface area (Å²) < 4.78 is 50.7. The molecule has 7 nitrogen and oxygen atoms in total. The molecule has 1 fully saturated rings. The summed E-state index contributed by atoms with van der Waals surface area (Å²) >= 11 is 0. The van der Waals surface area contributed by atoms with Crippen molar-refractivity contribution in [2.75, 3.05) is 5.75 Å². The molecule has 134 valence electrons. The SMILES string of the molecule is CC1CCC(NS(=O)(=O)CC(=O)NC(CC(F)F)C(=O)O)CC1. The molecule has 0 spiro atoms. The van der Waals surface area contributed by atoms with Crippen LogP contribution >= 0.6 is 0 Å². The molecule has 1 atom stereocenters. The fraction of sp³-hybridized carbons (Fsp3) is 0.846. The summed E-state index contributed by atoms with van der Waals surface area (Å²) in [7, 11) is -3.94. The van der Waals surface area contributed by atoms with Crippen LogP contribution in [0.5, 0.6) is 0 Å². The number of aliphatic carboxylic acids is 1. The fourth-order valence-electron chi connectivity index (χ4n) is 2.48. The summed E-state index contributed by atoms with van der Waals surface area (Å²) in [5.41, 5.74) is 0. The molecule has 0 saturated heterocycles. The number of amides is 1. The van der Waals surface area contributed by atoms with Crippen molar-refractivity contribution >= 4 is 21.9 Å². The molecule has 0 heterocycles. The minimum absolute atomic E-state index is 0.250. The van der Waals surface area contributed by atoms with Gasteiger partial charge in [0.05, 0.1) is 0 Å². The third-order valence-corrected chi connectivity index (χ3v) is 5.07. The van der Waals surface area contributed by atoms with Crippen LogP contribution in [0.15, 0.2) is 0 Å². The highest BCUT2D eigenvalue weighted by atomic mass is 32.2. The predicted octanol–water partition coefficient (Wildman–Crippen LogP) is 0.709. The first kappa shape index (κ1) is 19.8. The Morgan fingerprint density at radius 3 is 2.26 bits per heavy atom. The van der Waals surface area contributed by atoms with Crippen molar-refractivity contribution in [1.82, 2.24) is 10.0 Å². The van der Waals surface area contributed by atoms with E-state index in [2.05, 4.69) is 11.6 Å². The second kappa shape index (κ2) is 8.53. The first-order valence-electron chi connectivity index (χ1n) is 7.39. The largest absolute Gasteiger partial charge is 0.480 e. The van der Waals surface area contributed by atoms with E-state index in [0.29, 0.717) is 18.8 Å². The topological polar surface area (TPSA) is 113 Å². The molecule has 1 amide bonds. The zero-order chi connectivity index (χ0) is 17.6. The number of halogens is 2. The average Bonchev–Trinajstić information content (AvgIpc) is 2.39. The predicted molar refractivity (Wildman–Crippen MR) is 78.5 cm³/mol. The van der Waals surface area contributed by atoms with Crippen LogP contribution in [0.1, 0.15) is 39.0 Å². The minimum atomic E-state index is -3.94. The molecule has 1 aliphatic rings. The number of sulfonamides is 1. The Morgan fingerprint density at radius 2 is 1.78 bits per heavy atom. The lowest BCUT2D eigenvalue weighted by molar-refractivity contribution is -0.142. The van der Waals surface area contributed by atoms with E-state index in [4.69, 9.17) is 5.11 Å². The van der Waals surface area contributed by atoms with Gasteiger partial charge in [-0.1, -0.05) is 6.92 Å². The van der Waals surface area contributed by atoms with Crippen LogP contribution < -0.4 is 10.0 Å². The van der Waals surface area contributed by atoms with Gasteiger partial charge in [-0.2, -0.15) is 0 Å². The first-order chi connectivity index (χ1) is 10.6. The third kappa shape index (κ3) is 7.69. The number of nitrogens with one attached hydrogen (secondary N) is 2. The summed E-state index contributed by atoms with van der Waals surface area (Å²) in [4.78, 5) is 22.4. The van der Waals surface area contributed by atoms with E-state index in [-0.39, 0.29) is 6.04 Å². The van der Waals surface area contributed by atoms with Crippen molar-refractivity contribution in [3.63, 3.8) is 0 Å². The zero-order valence-corrected chi connectivity index (χ0v) is 13.6. The molecule has 0 radical (unpaired) electrons. The minimum Gasteiger partial charge on any atom is -0.480 e. The van der Waals surface area contributed by atoms with Crippen molar-refractivity contribution < 1.29 is 31.9 Å². The molecule has 3 N–H and O–H groups in total. The van der Waals surface area contributed by atoms with E-state index in [1.807, 2.05) is 5.32 Å². The maximum atomic E-state index is 12.2. The second-order valence-corrected chi connectivity index (χ2v) is 7.67. The summed E-state index contributed by atoms with van der Waals surface area (Å²) in [5.74, 6) is -3.20. The van der Waals surface area contributed by atoms with Gasteiger partial charge in [-0.15, -0.1) is 0 Å². The Morgan fingerprint density at radius 1 is 1.22 bits per heavy atom. The standard InChI is InChI=1S/C13H22F2N2O5S/c1-8-2-4-9(5-3-8)17-23(21,22)7-12(18)16-10(13(19)20)6-11(14)15/h8-11,17H,2-7H2,1H3,(H,16,18)(H,19,20). The van der Waals surface area contributed by atoms with Crippen LogP contribution in [-0.4, -0.2) is 49.7 Å². The fourth-order valence-corrected chi connectivity index (χ4v) is 3.74. The van der Waals surface area contributed by atoms with Crippen LogP contribution in [0, 0.1) is 5.92 Å². The van der Waals surface area contributed by atoms with E-state index < -0.39 is 46.5 Å². The molecule has 0 aromatic carbocycles. The van der Waals surface area contributed by atoms with Crippen LogP contribution in [-0.2, 0) is 19.6 Å². The molecule has 1 aliphatic carbocycles. The molecule has 1 unspecified atom stereocenters. The van der Waals surface area contributed by atoms with Gasteiger partial charge in [0.15, 0.2) is 0 Å². The van der Waals surface area contributed by atoms with E-state index in [1.165, 1.54) is 0 Å². The summed E-state index contributed by atoms with van der Waals surface area (Å²) in [5, 5.41) is 10.6. The monoisotopic (exact) mass is 356 g/mol. The zero-order valence-electron chi connectivity index (χ0n) is 12.8. The highest BCUT2D eigenvalue weighted by Gasteiger charge is 2.28. The van der Waals surface area contributed by atoms with Crippen molar-refractivity contribution in [2.24, 2.45) is 5.92 Å². The molecule has 0 aromatic rings. The van der Waals surface area contributed by atoms with Gasteiger partial charge < -0.3 is 10.4 Å². The molecule has 1 rings (SSSR count). The molecule has 1 saturated carbocycles. The summed E-state index contributed by atoms with van der Waals surface area (Å²) in [6, 6.07) is -2.06. The highest BCUT2D eigenvalue weighted by molar-refractivity contribution is 7.90. The summed E-state index contributed by atoms with van der Waals surface area (Å²) in [6.45, 7) is 2.08. The number of rotatable bonds is 8. The molecule has 0 aromatic heterocycles. The Bertz CT molecular complexity index is 518. The van der Waals surface area contributed by atoms with Crippen LogP contribution in [0.2, 0.25) is 0 Å². The van der Waals surface area contributed by atoms with Crippen LogP contribution in [0.25, 0.3) is 0 Å². The third-order valence-electron chi connectivity index (χ3n) is 3.73. The van der Waals surface area contributed by atoms with Gasteiger partial charge in [-0.05, 0) is 31.6 Å². The molecule has 0 aliphatic heterocycles. The quantitative estimate of drug-likeness (QED) is 0.593. The van der Waals surface area contributed by atoms with Crippen molar-refractivity contribution in [3.05, 3.63) is 0 Å². The molecule has 23 heavy (non-hydrogen) atoms. The Labute approximate surface area is 133 Å². The maximum absolute atomic E-state index is 12.2. The van der Waals surface area contributed by atoms with Gasteiger partial charge >= 0.3 is 5.97 Å². The van der Waals surface area contributed by atoms with Crippen molar-refractivity contribution in [3.8, 4) is 0 Å². The lowest BCUT2D eigenvalue weighted by Gasteiger charge is -2.26. The van der Waals surface area contributed by atoms with E-state index in [0.717, 1.165) is 12.8 Å². The number of carboxylic acids is 1. The molecule has 0 bridgehead atoms. The lowest BCUT2D eigenvalue weighted by atomic mass is 9.88. The molecular formula is C13H22F2N2O5S. The number of hydrogen-bond donors (Lipinski definition) is 3. The van der Waals surface area contributed by atoms with Crippen LogP contribution in [0.3, 0.4) is 0 Å². The average molecular weight is 356 g/mol. The smallest absolute Gasteiger partial charge is 0.326 e. The number of alkyl halides is 2. The number of carbonyl (C=O) groups excluding carboxylic acids is 1.